The first-order chi connectivity index (χ1) is 41.2. The van der Waals surface area contributed by atoms with Crippen molar-refractivity contribution in [2.45, 2.75) is 185 Å². The quantitative estimate of drug-likeness (QED) is 0.0271. The summed E-state index contributed by atoms with van der Waals surface area (Å²) in [4.78, 5) is 172. The number of rotatable bonds is 42. The minimum Gasteiger partial charge on any atom is -0.508 e. The molecule has 0 aliphatic rings. The first kappa shape index (κ1) is 77.9. The summed E-state index contributed by atoms with van der Waals surface area (Å²) in [6, 6.07) is -12.5. The number of primary amides is 1. The van der Waals surface area contributed by atoms with Gasteiger partial charge >= 0.3 is 11.9 Å². The second kappa shape index (κ2) is 39.6. The van der Waals surface area contributed by atoms with E-state index in [1.54, 1.807) is 13.8 Å². The average Bonchev–Trinajstić information content (AvgIpc) is 3.62. The summed E-state index contributed by atoms with van der Waals surface area (Å²) in [6.07, 6.45) is -3.65. The lowest BCUT2D eigenvalue weighted by Gasteiger charge is -2.29. The van der Waals surface area contributed by atoms with E-state index in [0.717, 1.165) is 0 Å². The number of nitrogens with two attached hydrogens (primary N) is 3. The van der Waals surface area contributed by atoms with Crippen molar-refractivity contribution < 1.29 is 98.1 Å². The van der Waals surface area contributed by atoms with E-state index in [2.05, 4.69) is 53.2 Å². The summed E-state index contributed by atoms with van der Waals surface area (Å²) in [6.45, 7) is 7.88. The zero-order valence-corrected chi connectivity index (χ0v) is 50.5. The van der Waals surface area contributed by atoms with Crippen LogP contribution in [0, 0.1) is 17.8 Å². The van der Waals surface area contributed by atoms with Crippen molar-refractivity contribution in [2.75, 3.05) is 26.4 Å². The Bertz CT molecular complexity index is 2520. The topological polar surface area (TPSA) is 562 Å². The van der Waals surface area contributed by atoms with E-state index >= 15 is 0 Å². The van der Waals surface area contributed by atoms with Crippen LogP contribution in [0.3, 0.4) is 0 Å². The molecular weight excluding hydrogens is 1160 g/mol. The molecule has 23 N–H and O–H groups in total. The van der Waals surface area contributed by atoms with Gasteiger partial charge in [0.25, 0.3) is 0 Å². The van der Waals surface area contributed by atoms with Crippen molar-refractivity contribution >= 4 is 76.9 Å². The van der Waals surface area contributed by atoms with Crippen LogP contribution in [-0.4, -0.2) is 212 Å². The van der Waals surface area contributed by atoms with Gasteiger partial charge in [-0.25, -0.2) is 4.79 Å². The predicted octanol–water partition coefficient (Wildman–Crippen LogP) is -6.44. The highest BCUT2D eigenvalue weighted by Crippen LogP contribution is 2.14. The highest BCUT2D eigenvalue weighted by molar-refractivity contribution is 5.99. The molecule has 0 spiro atoms. The van der Waals surface area contributed by atoms with E-state index in [9.17, 15) is 98.1 Å². The largest absolute Gasteiger partial charge is 0.508 e. The average molecular weight is 1250 g/mol. The SMILES string of the molecule is CC(C)C[C@H](NC(=O)[C@H](CO)NC(=O)[C@H](CCC(=O)O)NC(=O)[C@H](CCCCN)NC(=O)[C@@H](NC(=O)[C@H](CCC(N)=O)NC(=O)[C@@H](NC(=O)[C@@H](N)CC(C)C)[C@@H](C)O)C(C)C)C(=O)N[C@@H](CO)C(=O)N[C@@H](CO)C(=O)N[C@@H](Cc1ccc(O)cc1)C(=O)O. The fourth-order valence-corrected chi connectivity index (χ4v) is 8.43. The summed E-state index contributed by atoms with van der Waals surface area (Å²) < 4.78 is 0. The Morgan fingerprint density at radius 3 is 1.24 bits per heavy atom. The van der Waals surface area contributed by atoms with Crippen LogP contribution in [0.1, 0.15) is 112 Å². The van der Waals surface area contributed by atoms with Crippen LogP contribution in [0.4, 0.5) is 0 Å². The molecule has 0 radical (unpaired) electrons. The summed E-state index contributed by atoms with van der Waals surface area (Å²) in [7, 11) is 0. The monoisotopic (exact) mass is 1250 g/mol. The van der Waals surface area contributed by atoms with E-state index < -0.39 is 201 Å². The predicted molar refractivity (Wildman–Crippen MR) is 312 cm³/mol. The Labute approximate surface area is 508 Å². The van der Waals surface area contributed by atoms with E-state index in [0.29, 0.717) is 12.0 Å². The number of unbranched alkanes of at least 4 members (excludes halogenated alkanes) is 1. The lowest BCUT2D eigenvalue weighted by molar-refractivity contribution is -0.142. The number of aliphatic carboxylic acids is 2. The van der Waals surface area contributed by atoms with Crippen molar-refractivity contribution in [3.05, 3.63) is 29.8 Å². The van der Waals surface area contributed by atoms with E-state index in [4.69, 9.17) is 17.2 Å². The van der Waals surface area contributed by atoms with Gasteiger partial charge in [-0.1, -0.05) is 53.7 Å². The standard InChI is InChI=1S/C55H91N13O20/c1-26(2)20-32(57)45(77)68-44(29(7)72)54(86)61-34(15-17-41(58)74)48(80)67-43(28(5)6)53(85)60-33(10-8-9-19-56)46(78)59-35(16-18-42(75)76)47(79)64-38(23-69)50(82)62-36(21-27(3)4)49(81)65-40(25-71)52(84)66-39(24-70)51(83)63-37(55(87)88)22-30-11-13-31(73)14-12-30/h11-14,26-29,32-40,43-44,69-73H,8-10,15-25,56-57H2,1-7H3,(H2,58,74)(H,59,78)(H,60,85)(H,61,86)(H,62,82)(H,63,83)(H,64,79)(H,65,81)(H,66,84)(H,67,80)(H,68,77)(H,75,76)(H,87,88)/t29-,32+,33+,34+,35+,36+,37+,38+,39+,40+,43+,44+/m1/s1. The Balaban J connectivity index is 3.40. The van der Waals surface area contributed by atoms with Gasteiger partial charge in [0, 0.05) is 19.3 Å². The number of amides is 11. The van der Waals surface area contributed by atoms with Gasteiger partial charge in [-0.2, -0.15) is 0 Å². The maximum atomic E-state index is 14.1. The molecule has 0 fully saturated rings. The van der Waals surface area contributed by atoms with E-state index in [1.165, 1.54) is 45.0 Å². The molecule has 33 heteroatoms. The number of carbonyl (C=O) groups is 13. The van der Waals surface area contributed by atoms with E-state index in [-0.39, 0.29) is 56.2 Å². The van der Waals surface area contributed by atoms with Gasteiger partial charge in [0.15, 0.2) is 0 Å². The molecule has 0 heterocycles. The molecule has 0 aliphatic heterocycles. The first-order valence-electron chi connectivity index (χ1n) is 28.7. The number of carbonyl (C=O) groups excluding carboxylic acids is 11. The third-order valence-electron chi connectivity index (χ3n) is 13.3. The lowest BCUT2D eigenvalue weighted by atomic mass is 10.00. The van der Waals surface area contributed by atoms with Crippen LogP contribution in [-0.2, 0) is 68.7 Å². The number of carboxylic acid groups (broad SMARTS) is 2. The molecule has 1 aromatic rings. The second-order valence-corrected chi connectivity index (χ2v) is 22.3. The van der Waals surface area contributed by atoms with Gasteiger partial charge in [-0.3, -0.25) is 57.5 Å². The maximum Gasteiger partial charge on any atom is 0.326 e. The number of nitrogens with one attached hydrogen (secondary N) is 10. The van der Waals surface area contributed by atoms with Crippen molar-refractivity contribution in [1.29, 1.82) is 0 Å². The number of phenolic OH excluding ortho intramolecular Hbond substituents is 1. The number of hydrogen-bond donors (Lipinski definition) is 20. The zero-order valence-electron chi connectivity index (χ0n) is 50.5. The van der Waals surface area contributed by atoms with Crippen LogP contribution in [0.5, 0.6) is 5.75 Å². The first-order valence-corrected chi connectivity index (χ1v) is 28.7. The number of aliphatic hydroxyl groups is 4. The Kier molecular flexibility index (Phi) is 35.1. The Morgan fingerprint density at radius 1 is 0.455 bits per heavy atom. The lowest BCUT2D eigenvalue weighted by Crippen LogP contribution is -2.62. The highest BCUT2D eigenvalue weighted by Gasteiger charge is 2.38. The molecule has 0 unspecified atom stereocenters. The van der Waals surface area contributed by atoms with E-state index in [1.807, 2.05) is 13.8 Å². The minimum absolute atomic E-state index is 0.00834. The Hall–Kier alpha value is -8.11. The molecule has 1 aromatic carbocycles. The third kappa shape index (κ3) is 28.6. The number of hydrogen-bond acceptors (Lipinski definition) is 20. The zero-order chi connectivity index (χ0) is 67.1. The fourth-order valence-electron chi connectivity index (χ4n) is 8.43. The molecule has 0 saturated carbocycles. The Morgan fingerprint density at radius 2 is 0.830 bits per heavy atom. The van der Waals surface area contributed by atoms with Gasteiger partial charge in [-0.05, 0) is 93.9 Å². The fraction of sp³-hybridized carbons (Fsp3) is 0.655. The molecule has 0 bridgehead atoms. The molecule has 88 heavy (non-hydrogen) atoms. The highest BCUT2D eigenvalue weighted by atomic mass is 16.4. The van der Waals surface area contributed by atoms with Crippen LogP contribution < -0.4 is 70.4 Å². The molecule has 12 atom stereocenters. The van der Waals surface area contributed by atoms with Gasteiger partial charge in [-0.15, -0.1) is 0 Å². The molecule has 0 aromatic heterocycles. The van der Waals surface area contributed by atoms with Crippen molar-refractivity contribution in [2.24, 2.45) is 35.0 Å². The number of aromatic hydroxyl groups is 1. The second-order valence-electron chi connectivity index (χ2n) is 22.3. The van der Waals surface area contributed by atoms with Crippen molar-refractivity contribution in [3.8, 4) is 5.75 Å². The van der Waals surface area contributed by atoms with Gasteiger partial charge < -0.3 is 106 Å². The van der Waals surface area contributed by atoms with Crippen LogP contribution in [0.2, 0.25) is 0 Å². The smallest absolute Gasteiger partial charge is 0.326 e. The number of carboxylic acids is 2. The molecule has 0 saturated heterocycles. The van der Waals surface area contributed by atoms with Crippen molar-refractivity contribution in [1.82, 2.24) is 53.2 Å². The summed E-state index contributed by atoms with van der Waals surface area (Å²) in [5.74, 6) is -16.0. The third-order valence-corrected chi connectivity index (χ3v) is 13.3. The molecule has 11 amide bonds. The summed E-state index contributed by atoms with van der Waals surface area (Å²) in [5.41, 5.74) is 17.4. The molecule has 33 nitrogen and oxygen atoms in total. The molecule has 496 valence electrons. The maximum absolute atomic E-state index is 14.1. The number of phenols is 1. The molecule has 0 aliphatic carbocycles. The summed E-state index contributed by atoms with van der Waals surface area (Å²) in [5, 5.41) is 92.9. The normalized spacial score (nSPS) is 15.4. The van der Waals surface area contributed by atoms with Crippen LogP contribution in [0.25, 0.3) is 0 Å². The minimum atomic E-state index is -1.92. The molecular formula is C55H91N13O20. The van der Waals surface area contributed by atoms with Crippen molar-refractivity contribution in [3.63, 3.8) is 0 Å². The molecule has 1 rings (SSSR count). The van der Waals surface area contributed by atoms with Crippen LogP contribution >= 0.6 is 0 Å². The summed E-state index contributed by atoms with van der Waals surface area (Å²) >= 11 is 0. The number of benzene rings is 1. The van der Waals surface area contributed by atoms with Gasteiger partial charge in [0.1, 0.15) is 66.2 Å². The number of aliphatic hydroxyl groups excluding tert-OH is 4. The van der Waals surface area contributed by atoms with Gasteiger partial charge in [0.2, 0.25) is 65.0 Å². The van der Waals surface area contributed by atoms with Gasteiger partial charge in [0.05, 0.1) is 32.0 Å². The van der Waals surface area contributed by atoms with Crippen LogP contribution in [0.15, 0.2) is 24.3 Å².